The van der Waals surface area contributed by atoms with Gasteiger partial charge in [-0.2, -0.15) is 0 Å². The second kappa shape index (κ2) is 15.3. The van der Waals surface area contributed by atoms with Gasteiger partial charge < -0.3 is 28.4 Å². The number of ether oxygens (including phenoxy) is 6. The van der Waals surface area contributed by atoms with Gasteiger partial charge in [-0.1, -0.05) is 13.2 Å². The quantitative estimate of drug-likeness (QED) is 0.123. The zero-order valence-corrected chi connectivity index (χ0v) is 23.7. The molecule has 3 aromatic carbocycles. The van der Waals surface area contributed by atoms with Crippen LogP contribution in [0, 0.1) is 0 Å². The van der Waals surface area contributed by atoms with E-state index in [-0.39, 0.29) is 44.9 Å². The van der Waals surface area contributed by atoms with Crippen LogP contribution < -0.4 is 9.47 Å². The minimum Gasteiger partial charge on any atom is -0.425 e. The summed E-state index contributed by atoms with van der Waals surface area (Å²) in [7, 11) is 0. The molecule has 0 saturated heterocycles. The number of benzene rings is 3. The van der Waals surface area contributed by atoms with Gasteiger partial charge in [-0.05, 0) is 86.6 Å². The molecule has 0 unspecified atom stereocenters. The molecular formula is C32H26O12. The molecule has 12 nitrogen and oxygen atoms in total. The number of hydrogen-bond acceptors (Lipinski definition) is 12. The fraction of sp³-hybridized carbons (Fsp3) is 0.125. The van der Waals surface area contributed by atoms with Gasteiger partial charge in [0.25, 0.3) is 0 Å². The van der Waals surface area contributed by atoms with Crippen molar-refractivity contribution in [2.45, 2.75) is 13.8 Å². The molecule has 0 atom stereocenters. The van der Waals surface area contributed by atoms with Gasteiger partial charge in [0.15, 0.2) is 0 Å². The number of carbonyl (C=O) groups excluding carboxylic acids is 6. The molecule has 3 rings (SSSR count). The normalized spacial score (nSPS) is 10.0. The van der Waals surface area contributed by atoms with E-state index in [1.807, 2.05) is 0 Å². The molecule has 0 saturated carbocycles. The van der Waals surface area contributed by atoms with Crippen LogP contribution in [0.3, 0.4) is 0 Å². The highest BCUT2D eigenvalue weighted by Gasteiger charge is 2.15. The fourth-order valence-electron chi connectivity index (χ4n) is 3.08. The van der Waals surface area contributed by atoms with Crippen LogP contribution >= 0.6 is 0 Å². The van der Waals surface area contributed by atoms with E-state index in [0.717, 1.165) is 0 Å². The summed E-state index contributed by atoms with van der Waals surface area (Å²) in [6.07, 6.45) is 0. The van der Waals surface area contributed by atoms with Gasteiger partial charge in [0.2, 0.25) is 13.6 Å². The Morgan fingerprint density at radius 2 is 0.727 bits per heavy atom. The van der Waals surface area contributed by atoms with Crippen molar-refractivity contribution >= 4 is 35.8 Å². The van der Waals surface area contributed by atoms with Crippen molar-refractivity contribution in [1.29, 1.82) is 0 Å². The lowest BCUT2D eigenvalue weighted by Gasteiger charge is -2.08. The Labute approximate surface area is 251 Å². The Balaban J connectivity index is 1.48. The fourth-order valence-corrected chi connectivity index (χ4v) is 3.08. The third-order valence-corrected chi connectivity index (χ3v) is 5.41. The van der Waals surface area contributed by atoms with Crippen LogP contribution in [0.25, 0.3) is 0 Å². The summed E-state index contributed by atoms with van der Waals surface area (Å²) in [6.45, 7) is 8.57. The average Bonchev–Trinajstić information content (AvgIpc) is 3.01. The van der Waals surface area contributed by atoms with Gasteiger partial charge in [0.1, 0.15) is 11.5 Å². The molecule has 0 aliphatic heterocycles. The summed E-state index contributed by atoms with van der Waals surface area (Å²) in [6, 6.07) is 16.5. The first-order valence-corrected chi connectivity index (χ1v) is 12.7. The molecular weight excluding hydrogens is 576 g/mol. The van der Waals surface area contributed by atoms with Gasteiger partial charge >= 0.3 is 35.8 Å². The van der Waals surface area contributed by atoms with Crippen molar-refractivity contribution in [3.05, 3.63) is 119 Å². The van der Waals surface area contributed by atoms with Crippen LogP contribution in [0.2, 0.25) is 0 Å². The van der Waals surface area contributed by atoms with Crippen LogP contribution in [0.15, 0.2) is 97.1 Å². The number of carbonyl (C=O) groups is 6. The van der Waals surface area contributed by atoms with Crippen molar-refractivity contribution in [1.82, 2.24) is 0 Å². The van der Waals surface area contributed by atoms with Crippen molar-refractivity contribution in [2.75, 3.05) is 13.6 Å². The van der Waals surface area contributed by atoms with Crippen LogP contribution in [0.5, 0.6) is 11.5 Å². The lowest BCUT2D eigenvalue weighted by Crippen LogP contribution is -2.14. The monoisotopic (exact) mass is 602 g/mol. The molecule has 0 heterocycles. The predicted octanol–water partition coefficient (Wildman–Crippen LogP) is 4.59. The summed E-state index contributed by atoms with van der Waals surface area (Å²) >= 11 is 0. The molecule has 0 radical (unpaired) electrons. The maximum absolute atomic E-state index is 12.5. The Bertz CT molecular complexity index is 1580. The molecule has 0 N–H and O–H groups in total. The average molecular weight is 603 g/mol. The van der Waals surface area contributed by atoms with E-state index >= 15 is 0 Å². The molecule has 0 amide bonds. The standard InChI is InChI=1S/C32H26O12/c1-19(2)27(33)39-17-41-29(35)21-5-7-23(8-6-21)31(37)43-26-15-11-24(12-16-26)32(38)44-25-13-9-22(10-14-25)30(36)42-18-40-28(34)20(3)4/h5-16H,1,3,17-18H2,2,4H3. The van der Waals surface area contributed by atoms with Gasteiger partial charge in [-0.15, -0.1) is 0 Å². The smallest absolute Gasteiger partial charge is 0.343 e. The molecule has 0 aliphatic rings. The van der Waals surface area contributed by atoms with E-state index in [9.17, 15) is 28.8 Å². The maximum atomic E-state index is 12.5. The number of esters is 6. The molecule has 0 bridgehead atoms. The summed E-state index contributed by atoms with van der Waals surface area (Å²) in [5.74, 6) is -4.04. The highest BCUT2D eigenvalue weighted by atomic mass is 16.7. The van der Waals surface area contributed by atoms with E-state index in [1.54, 1.807) is 0 Å². The Hall–Kier alpha value is -6.04. The van der Waals surface area contributed by atoms with Crippen molar-refractivity contribution in [3.63, 3.8) is 0 Å². The van der Waals surface area contributed by atoms with Crippen molar-refractivity contribution < 1.29 is 57.2 Å². The topological polar surface area (TPSA) is 158 Å². The second-order valence-corrected chi connectivity index (χ2v) is 8.93. The number of hydrogen-bond donors (Lipinski definition) is 0. The van der Waals surface area contributed by atoms with E-state index in [1.165, 1.54) is 86.6 Å². The Morgan fingerprint density at radius 3 is 1.02 bits per heavy atom. The van der Waals surface area contributed by atoms with Crippen LogP contribution in [0.1, 0.15) is 55.3 Å². The van der Waals surface area contributed by atoms with Crippen LogP contribution in [0.4, 0.5) is 0 Å². The number of rotatable bonds is 12. The van der Waals surface area contributed by atoms with Crippen LogP contribution in [-0.4, -0.2) is 49.4 Å². The van der Waals surface area contributed by atoms with E-state index in [4.69, 9.17) is 28.4 Å². The first-order valence-electron chi connectivity index (χ1n) is 12.7. The van der Waals surface area contributed by atoms with Crippen LogP contribution in [-0.2, 0) is 28.5 Å². The highest BCUT2D eigenvalue weighted by Crippen LogP contribution is 2.18. The van der Waals surface area contributed by atoms with Crippen molar-refractivity contribution in [2.24, 2.45) is 0 Å². The molecule has 12 heteroatoms. The van der Waals surface area contributed by atoms with Gasteiger partial charge in [-0.3, -0.25) is 0 Å². The van der Waals surface area contributed by atoms with E-state index in [0.29, 0.717) is 0 Å². The molecule has 44 heavy (non-hydrogen) atoms. The molecule has 0 spiro atoms. The molecule has 0 aliphatic carbocycles. The molecule has 3 aromatic rings. The van der Waals surface area contributed by atoms with E-state index < -0.39 is 49.4 Å². The first kappa shape index (κ1) is 32.5. The minimum atomic E-state index is -0.765. The Kier molecular flexibility index (Phi) is 11.3. The van der Waals surface area contributed by atoms with Crippen molar-refractivity contribution in [3.8, 4) is 11.5 Å². The third-order valence-electron chi connectivity index (χ3n) is 5.41. The minimum absolute atomic E-state index is 0.118. The predicted molar refractivity (Wildman–Crippen MR) is 152 cm³/mol. The highest BCUT2D eigenvalue weighted by molar-refractivity contribution is 5.95. The zero-order valence-electron chi connectivity index (χ0n) is 23.7. The zero-order chi connectivity index (χ0) is 32.2. The third kappa shape index (κ3) is 9.52. The summed E-state index contributed by atoms with van der Waals surface area (Å²) in [5, 5.41) is 0. The molecule has 0 fully saturated rings. The van der Waals surface area contributed by atoms with E-state index in [2.05, 4.69) is 13.2 Å². The summed E-state index contributed by atoms with van der Waals surface area (Å²) in [4.78, 5) is 71.8. The molecule has 0 aromatic heterocycles. The lowest BCUT2D eigenvalue weighted by atomic mass is 10.1. The first-order chi connectivity index (χ1) is 20.9. The van der Waals surface area contributed by atoms with Gasteiger partial charge in [-0.25, -0.2) is 28.8 Å². The largest absolute Gasteiger partial charge is 0.425 e. The Morgan fingerprint density at radius 1 is 0.455 bits per heavy atom. The van der Waals surface area contributed by atoms with Gasteiger partial charge in [0.05, 0.1) is 22.3 Å². The van der Waals surface area contributed by atoms with Gasteiger partial charge in [0, 0.05) is 11.1 Å². The molecule has 226 valence electrons. The SMILES string of the molecule is C=C(C)C(=O)OCOC(=O)c1ccc(OC(=O)c2ccc(OC(=O)c3ccc(C(=O)OCOC(=O)C(=C)C)cc3)cc2)cc1. The lowest BCUT2D eigenvalue weighted by molar-refractivity contribution is -0.148. The maximum Gasteiger partial charge on any atom is 0.343 e. The summed E-state index contributed by atoms with van der Waals surface area (Å²) < 4.78 is 29.7. The summed E-state index contributed by atoms with van der Waals surface area (Å²) in [5.41, 5.74) is 0.870. The second-order valence-electron chi connectivity index (χ2n) is 8.93.